The summed E-state index contributed by atoms with van der Waals surface area (Å²) in [6.45, 7) is 1.11. The van der Waals surface area contributed by atoms with E-state index in [0.29, 0.717) is 25.4 Å². The molecule has 0 saturated carbocycles. The summed E-state index contributed by atoms with van der Waals surface area (Å²) in [6.07, 6.45) is 5.00. The van der Waals surface area contributed by atoms with Gasteiger partial charge in [0.25, 0.3) is 10.1 Å². The number of hydrogen-bond donors (Lipinski definition) is 1. The lowest BCUT2D eigenvalue weighted by molar-refractivity contribution is 0.261. The van der Waals surface area contributed by atoms with Gasteiger partial charge in [-0.05, 0) is 25.2 Å². The lowest BCUT2D eigenvalue weighted by Gasteiger charge is -2.30. The summed E-state index contributed by atoms with van der Waals surface area (Å²) in [4.78, 5) is 0. The van der Waals surface area contributed by atoms with Gasteiger partial charge in [-0.3, -0.25) is 4.55 Å². The van der Waals surface area contributed by atoms with Gasteiger partial charge in [-0.1, -0.05) is 12.8 Å². The van der Waals surface area contributed by atoms with Crippen LogP contribution in [0.3, 0.4) is 0 Å². The van der Waals surface area contributed by atoms with Gasteiger partial charge in [0.15, 0.2) is 0 Å². The highest BCUT2D eigenvalue weighted by Gasteiger charge is 2.24. The predicted molar refractivity (Wildman–Crippen MR) is 69.4 cm³/mol. The number of piperidine rings is 1. The van der Waals surface area contributed by atoms with E-state index in [1.807, 2.05) is 0 Å². The Kier molecular flexibility index (Phi) is 5.57. The van der Waals surface area contributed by atoms with Crippen LogP contribution in [0, 0.1) is 5.92 Å². The minimum Gasteiger partial charge on any atom is -0.286 e. The van der Waals surface area contributed by atoms with Gasteiger partial charge < -0.3 is 0 Å². The molecule has 1 saturated heterocycles. The molecule has 0 amide bonds. The number of hydrogen-bond acceptors (Lipinski definition) is 4. The van der Waals surface area contributed by atoms with Gasteiger partial charge in [-0.25, -0.2) is 12.7 Å². The fourth-order valence-corrected chi connectivity index (χ4v) is 3.69. The quantitative estimate of drug-likeness (QED) is 0.576. The fraction of sp³-hybridized carbons (Fsp3) is 1.00. The molecule has 0 unspecified atom stereocenters. The van der Waals surface area contributed by atoms with E-state index in [9.17, 15) is 16.8 Å². The molecule has 1 fully saturated rings. The maximum atomic E-state index is 11.3. The van der Waals surface area contributed by atoms with Gasteiger partial charge in [0, 0.05) is 13.1 Å². The summed E-state index contributed by atoms with van der Waals surface area (Å²) >= 11 is 0. The highest BCUT2D eigenvalue weighted by atomic mass is 32.2. The molecule has 0 aromatic heterocycles. The third-order valence-corrected chi connectivity index (χ3v) is 5.41. The fourth-order valence-electron chi connectivity index (χ4n) is 2.25. The number of sulfonamides is 1. The van der Waals surface area contributed by atoms with E-state index in [-0.39, 0.29) is 5.75 Å². The molecule has 1 rings (SSSR count). The molecule has 18 heavy (non-hydrogen) atoms. The zero-order valence-corrected chi connectivity index (χ0v) is 12.2. The van der Waals surface area contributed by atoms with Crippen LogP contribution in [0.1, 0.15) is 32.1 Å². The average molecular weight is 299 g/mol. The van der Waals surface area contributed by atoms with Gasteiger partial charge in [0.1, 0.15) is 0 Å². The Morgan fingerprint density at radius 1 is 1.11 bits per heavy atom. The highest BCUT2D eigenvalue weighted by molar-refractivity contribution is 7.88. The molecule has 108 valence electrons. The minimum absolute atomic E-state index is 0.185. The van der Waals surface area contributed by atoms with Crippen LogP contribution in [0.2, 0.25) is 0 Å². The second-order valence-corrected chi connectivity index (χ2v) is 8.44. The largest absolute Gasteiger partial charge is 0.286 e. The van der Waals surface area contributed by atoms with Crippen molar-refractivity contribution in [2.24, 2.45) is 5.92 Å². The van der Waals surface area contributed by atoms with E-state index in [1.165, 1.54) is 10.6 Å². The standard InChI is InChI=1S/C10H21NO5S2/c1-17(12,13)11-7-5-10(6-8-11)4-2-3-9-18(14,15)16/h10H,2-9H2,1H3,(H,14,15,16). The molecule has 0 aromatic rings. The third kappa shape index (κ3) is 6.12. The number of rotatable bonds is 6. The molecule has 6 nitrogen and oxygen atoms in total. The van der Waals surface area contributed by atoms with Crippen LogP contribution in [0.25, 0.3) is 0 Å². The predicted octanol–water partition coefficient (Wildman–Crippen LogP) is 0.716. The Hall–Kier alpha value is -0.180. The van der Waals surface area contributed by atoms with Crippen molar-refractivity contribution < 1.29 is 21.4 Å². The number of unbranched alkanes of at least 4 members (excludes halogenated alkanes) is 1. The second kappa shape index (κ2) is 6.31. The van der Waals surface area contributed by atoms with Crippen LogP contribution >= 0.6 is 0 Å². The maximum Gasteiger partial charge on any atom is 0.264 e. The lowest BCUT2D eigenvalue weighted by atomic mass is 9.93. The summed E-state index contributed by atoms with van der Waals surface area (Å²) < 4.78 is 53.7. The minimum atomic E-state index is -3.84. The van der Waals surface area contributed by atoms with Gasteiger partial charge in [0.05, 0.1) is 12.0 Å². The Morgan fingerprint density at radius 3 is 2.11 bits per heavy atom. The lowest BCUT2D eigenvalue weighted by Crippen LogP contribution is -2.37. The molecule has 0 bridgehead atoms. The molecule has 0 aromatic carbocycles. The third-order valence-electron chi connectivity index (χ3n) is 3.31. The smallest absolute Gasteiger partial charge is 0.264 e. The Bertz CT molecular complexity index is 449. The van der Waals surface area contributed by atoms with Crippen molar-refractivity contribution in [1.29, 1.82) is 0 Å². The summed E-state index contributed by atoms with van der Waals surface area (Å²) in [6, 6.07) is 0. The Morgan fingerprint density at radius 2 is 1.67 bits per heavy atom. The van der Waals surface area contributed by atoms with E-state index in [0.717, 1.165) is 25.7 Å². The first-order valence-electron chi connectivity index (χ1n) is 6.09. The maximum absolute atomic E-state index is 11.3. The zero-order valence-electron chi connectivity index (χ0n) is 10.6. The molecule has 0 aliphatic carbocycles. The molecule has 1 heterocycles. The SMILES string of the molecule is CS(=O)(=O)N1CCC(CCCCS(=O)(=O)O)CC1. The Labute approximate surface area is 109 Å². The van der Waals surface area contributed by atoms with Crippen LogP contribution in [-0.4, -0.2) is 50.8 Å². The summed E-state index contributed by atoms with van der Waals surface area (Å²) in [5.74, 6) is 0.277. The molecular weight excluding hydrogens is 278 g/mol. The monoisotopic (exact) mass is 299 g/mol. The van der Waals surface area contributed by atoms with Crippen molar-refractivity contribution >= 4 is 20.1 Å². The van der Waals surface area contributed by atoms with E-state index in [2.05, 4.69) is 0 Å². The van der Waals surface area contributed by atoms with Gasteiger partial charge in [-0.2, -0.15) is 8.42 Å². The van der Waals surface area contributed by atoms with Crippen LogP contribution in [0.15, 0.2) is 0 Å². The van der Waals surface area contributed by atoms with Gasteiger partial charge in [0.2, 0.25) is 10.0 Å². The molecule has 1 aliphatic heterocycles. The first-order valence-corrected chi connectivity index (χ1v) is 9.54. The summed E-state index contributed by atoms with van der Waals surface area (Å²) in [5.41, 5.74) is 0. The van der Waals surface area contributed by atoms with Crippen molar-refractivity contribution in [1.82, 2.24) is 4.31 Å². The molecule has 8 heteroatoms. The second-order valence-electron chi connectivity index (χ2n) is 4.89. The van der Waals surface area contributed by atoms with Gasteiger partial charge >= 0.3 is 0 Å². The first kappa shape index (κ1) is 15.9. The van der Waals surface area contributed by atoms with Crippen molar-refractivity contribution in [3.8, 4) is 0 Å². The average Bonchev–Trinajstić information content (AvgIpc) is 2.22. The molecule has 1 aliphatic rings. The molecule has 0 radical (unpaired) electrons. The van der Waals surface area contributed by atoms with Crippen molar-refractivity contribution in [3.63, 3.8) is 0 Å². The topological polar surface area (TPSA) is 91.8 Å². The molecule has 0 atom stereocenters. The van der Waals surface area contributed by atoms with Gasteiger partial charge in [-0.15, -0.1) is 0 Å². The van der Waals surface area contributed by atoms with Crippen molar-refractivity contribution in [2.75, 3.05) is 25.1 Å². The molecule has 0 spiro atoms. The van der Waals surface area contributed by atoms with E-state index in [4.69, 9.17) is 4.55 Å². The first-order chi connectivity index (χ1) is 8.18. The van der Waals surface area contributed by atoms with Crippen LogP contribution < -0.4 is 0 Å². The molecular formula is C10H21NO5S2. The highest BCUT2D eigenvalue weighted by Crippen LogP contribution is 2.23. The van der Waals surface area contributed by atoms with Crippen LogP contribution in [0.5, 0.6) is 0 Å². The Balaban J connectivity index is 2.21. The van der Waals surface area contributed by atoms with Crippen molar-refractivity contribution in [2.45, 2.75) is 32.1 Å². The number of nitrogens with zero attached hydrogens (tertiary/aromatic N) is 1. The summed E-state index contributed by atoms with van der Waals surface area (Å²) in [5, 5.41) is 0. The van der Waals surface area contributed by atoms with E-state index >= 15 is 0 Å². The van der Waals surface area contributed by atoms with Crippen LogP contribution in [0.4, 0.5) is 0 Å². The van der Waals surface area contributed by atoms with Crippen molar-refractivity contribution in [3.05, 3.63) is 0 Å². The normalized spacial score (nSPS) is 20.1. The molecule has 1 N–H and O–H groups in total. The summed E-state index contributed by atoms with van der Waals surface area (Å²) in [7, 11) is -6.92. The van der Waals surface area contributed by atoms with E-state index < -0.39 is 20.1 Å². The zero-order chi connectivity index (χ0) is 13.8. The van der Waals surface area contributed by atoms with E-state index in [1.54, 1.807) is 0 Å². The van der Waals surface area contributed by atoms with Crippen LogP contribution in [-0.2, 0) is 20.1 Å².